The van der Waals surface area contributed by atoms with Crippen molar-refractivity contribution in [1.82, 2.24) is 10.7 Å². The Bertz CT molecular complexity index is 516. The molecule has 4 nitrogen and oxygen atoms in total. The van der Waals surface area contributed by atoms with Crippen LogP contribution in [0.3, 0.4) is 0 Å². The highest BCUT2D eigenvalue weighted by atomic mass is 16.2. The zero-order valence-electron chi connectivity index (χ0n) is 12.3. The molecule has 1 aromatic rings. The van der Waals surface area contributed by atoms with Gasteiger partial charge in [0.05, 0.1) is 11.2 Å². The number of nitrogens with one attached hydrogen (secondary N) is 2. The number of carbonyl (C=O) groups is 1. The largest absolute Gasteiger partial charge is 0.336 e. The van der Waals surface area contributed by atoms with Crippen molar-refractivity contribution < 1.29 is 4.79 Å². The molecule has 1 heterocycles. The third-order valence-electron chi connectivity index (χ3n) is 4.77. The van der Waals surface area contributed by atoms with Gasteiger partial charge in [0.2, 0.25) is 0 Å². The summed E-state index contributed by atoms with van der Waals surface area (Å²) in [4.78, 5) is 12.2. The van der Waals surface area contributed by atoms with Crippen LogP contribution in [0.1, 0.15) is 32.1 Å². The van der Waals surface area contributed by atoms with Crippen molar-refractivity contribution in [1.29, 1.82) is 0 Å². The molecule has 1 aliphatic carbocycles. The second kappa shape index (κ2) is 5.90. The third-order valence-corrected chi connectivity index (χ3v) is 4.77. The fourth-order valence-corrected chi connectivity index (χ4v) is 3.62. The number of amides is 2. The van der Waals surface area contributed by atoms with Gasteiger partial charge < -0.3 is 5.32 Å². The molecule has 0 bridgehead atoms. The third kappa shape index (κ3) is 2.68. The van der Waals surface area contributed by atoms with E-state index < -0.39 is 0 Å². The molecule has 3 rings (SSSR count). The number of urea groups is 1. The molecule has 2 aliphatic rings. The summed E-state index contributed by atoms with van der Waals surface area (Å²) in [5, 5.41) is 4.74. The van der Waals surface area contributed by atoms with Crippen molar-refractivity contribution >= 4 is 11.7 Å². The molecular formula is C17H23N3O. The Labute approximate surface area is 126 Å². The first kappa shape index (κ1) is 14.1. The molecule has 2 amide bonds. The van der Waals surface area contributed by atoms with Crippen LogP contribution >= 0.6 is 0 Å². The predicted octanol–water partition coefficient (Wildman–Crippen LogP) is 3.23. The SMILES string of the molecule is C=CC[C@@H]1CCCC[C@@]12CNC(=O)N(c1ccccc1)N2. The molecule has 0 radical (unpaired) electrons. The standard InChI is InChI=1S/C17H23N3O/c1-2-8-14-9-6-7-12-17(14)13-18-16(21)20(19-17)15-10-4-3-5-11-15/h2-5,10-11,14,19H,1,6-9,12-13H2,(H,18,21)/t14-,17-/m1/s1. The van der Waals surface area contributed by atoms with Gasteiger partial charge in [0, 0.05) is 6.54 Å². The van der Waals surface area contributed by atoms with Crippen LogP contribution in [0.25, 0.3) is 0 Å². The first-order chi connectivity index (χ1) is 10.2. The fraction of sp³-hybridized carbons (Fsp3) is 0.471. The summed E-state index contributed by atoms with van der Waals surface area (Å²) in [7, 11) is 0. The second-order valence-corrected chi connectivity index (χ2v) is 6.06. The zero-order chi connectivity index (χ0) is 14.7. The van der Waals surface area contributed by atoms with Crippen LogP contribution < -0.4 is 15.8 Å². The van der Waals surface area contributed by atoms with Crippen molar-refractivity contribution in [3.63, 3.8) is 0 Å². The summed E-state index contributed by atoms with van der Waals surface area (Å²) < 4.78 is 0. The van der Waals surface area contributed by atoms with Gasteiger partial charge in [-0.05, 0) is 37.3 Å². The topological polar surface area (TPSA) is 44.4 Å². The van der Waals surface area contributed by atoms with E-state index in [1.807, 2.05) is 36.4 Å². The van der Waals surface area contributed by atoms with Crippen molar-refractivity contribution in [3.05, 3.63) is 43.0 Å². The van der Waals surface area contributed by atoms with Crippen molar-refractivity contribution in [2.24, 2.45) is 5.92 Å². The Hall–Kier alpha value is -1.81. The summed E-state index contributed by atoms with van der Waals surface area (Å²) in [6.45, 7) is 4.60. The minimum Gasteiger partial charge on any atom is -0.335 e. The zero-order valence-corrected chi connectivity index (χ0v) is 12.3. The lowest BCUT2D eigenvalue weighted by Crippen LogP contribution is -2.72. The molecule has 2 N–H and O–H groups in total. The van der Waals surface area contributed by atoms with Gasteiger partial charge in [0.25, 0.3) is 0 Å². The molecule has 1 saturated heterocycles. The van der Waals surface area contributed by atoms with Gasteiger partial charge in [-0.1, -0.05) is 37.1 Å². The van der Waals surface area contributed by atoms with E-state index in [1.165, 1.54) is 19.3 Å². The van der Waals surface area contributed by atoms with Crippen LogP contribution in [0.4, 0.5) is 10.5 Å². The summed E-state index contributed by atoms with van der Waals surface area (Å²) in [5.41, 5.74) is 4.38. The summed E-state index contributed by atoms with van der Waals surface area (Å²) in [5.74, 6) is 0.524. The monoisotopic (exact) mass is 285 g/mol. The quantitative estimate of drug-likeness (QED) is 0.837. The van der Waals surface area contributed by atoms with Gasteiger partial charge in [0.1, 0.15) is 0 Å². The molecule has 1 aromatic carbocycles. The molecule has 21 heavy (non-hydrogen) atoms. The number of hydrogen-bond donors (Lipinski definition) is 2. The van der Waals surface area contributed by atoms with E-state index in [2.05, 4.69) is 17.3 Å². The number of benzene rings is 1. The Morgan fingerprint density at radius 1 is 1.33 bits per heavy atom. The Balaban J connectivity index is 1.87. The molecule has 0 unspecified atom stereocenters. The number of anilines is 1. The van der Waals surface area contributed by atoms with Crippen LogP contribution in [-0.2, 0) is 0 Å². The second-order valence-electron chi connectivity index (χ2n) is 6.06. The van der Waals surface area contributed by atoms with E-state index in [0.717, 1.165) is 18.5 Å². The lowest BCUT2D eigenvalue weighted by Gasteiger charge is -2.50. The summed E-state index contributed by atoms with van der Waals surface area (Å²) in [6.07, 6.45) is 7.75. The normalized spacial score (nSPS) is 29.2. The van der Waals surface area contributed by atoms with E-state index in [-0.39, 0.29) is 11.6 Å². The number of allylic oxidation sites excluding steroid dienone is 1. The number of rotatable bonds is 3. The highest BCUT2D eigenvalue weighted by Gasteiger charge is 2.45. The number of hydrazine groups is 1. The average molecular weight is 285 g/mol. The average Bonchev–Trinajstić information content (AvgIpc) is 2.53. The number of nitrogens with zero attached hydrogens (tertiary/aromatic N) is 1. The van der Waals surface area contributed by atoms with Gasteiger partial charge in [0.15, 0.2) is 0 Å². The fourth-order valence-electron chi connectivity index (χ4n) is 3.62. The number of hydrogen-bond acceptors (Lipinski definition) is 2. The molecular weight excluding hydrogens is 262 g/mol. The van der Waals surface area contributed by atoms with E-state index in [4.69, 9.17) is 0 Å². The van der Waals surface area contributed by atoms with Crippen LogP contribution in [0.15, 0.2) is 43.0 Å². The molecule has 2 fully saturated rings. The van der Waals surface area contributed by atoms with E-state index in [9.17, 15) is 4.79 Å². The van der Waals surface area contributed by atoms with E-state index in [0.29, 0.717) is 12.5 Å². The Morgan fingerprint density at radius 2 is 2.14 bits per heavy atom. The van der Waals surface area contributed by atoms with Gasteiger partial charge in [-0.25, -0.2) is 15.2 Å². The van der Waals surface area contributed by atoms with Crippen LogP contribution in [0.5, 0.6) is 0 Å². The predicted molar refractivity (Wildman–Crippen MR) is 85.0 cm³/mol. The maximum absolute atomic E-state index is 12.2. The molecule has 1 saturated carbocycles. The first-order valence-electron chi connectivity index (χ1n) is 7.77. The number of carbonyl (C=O) groups excluding carboxylic acids is 1. The van der Waals surface area contributed by atoms with E-state index >= 15 is 0 Å². The van der Waals surface area contributed by atoms with Crippen molar-refractivity contribution in [2.45, 2.75) is 37.6 Å². The van der Waals surface area contributed by atoms with Crippen molar-refractivity contribution in [2.75, 3.05) is 11.6 Å². The smallest absolute Gasteiger partial charge is 0.335 e. The van der Waals surface area contributed by atoms with E-state index in [1.54, 1.807) is 5.01 Å². The van der Waals surface area contributed by atoms with Gasteiger partial charge in [-0.15, -0.1) is 6.58 Å². The highest BCUT2D eigenvalue weighted by Crippen LogP contribution is 2.38. The summed E-state index contributed by atoms with van der Waals surface area (Å²) >= 11 is 0. The minimum atomic E-state index is -0.0743. The van der Waals surface area contributed by atoms with Crippen LogP contribution in [0.2, 0.25) is 0 Å². The summed E-state index contributed by atoms with van der Waals surface area (Å²) in [6, 6.07) is 9.70. The Morgan fingerprint density at radius 3 is 2.90 bits per heavy atom. The molecule has 0 aromatic heterocycles. The maximum Gasteiger partial charge on any atom is 0.336 e. The minimum absolute atomic E-state index is 0.0454. The number of para-hydroxylation sites is 1. The van der Waals surface area contributed by atoms with Crippen molar-refractivity contribution in [3.8, 4) is 0 Å². The molecule has 112 valence electrons. The van der Waals surface area contributed by atoms with Gasteiger partial charge in [-0.2, -0.15) is 0 Å². The Kier molecular flexibility index (Phi) is 3.97. The molecule has 1 spiro atoms. The molecule has 1 aliphatic heterocycles. The first-order valence-corrected chi connectivity index (χ1v) is 7.77. The lowest BCUT2D eigenvalue weighted by molar-refractivity contribution is 0.121. The van der Waals surface area contributed by atoms with Gasteiger partial charge >= 0.3 is 6.03 Å². The maximum atomic E-state index is 12.2. The van der Waals surface area contributed by atoms with Crippen LogP contribution in [0, 0.1) is 5.92 Å². The van der Waals surface area contributed by atoms with Gasteiger partial charge in [-0.3, -0.25) is 0 Å². The molecule has 4 heteroatoms. The lowest BCUT2D eigenvalue weighted by atomic mass is 9.71. The van der Waals surface area contributed by atoms with Crippen LogP contribution in [-0.4, -0.2) is 18.1 Å². The highest BCUT2D eigenvalue weighted by molar-refractivity contribution is 5.92. The molecule has 2 atom stereocenters.